The standard InChI is InChI=1S/C12H18N2O2/c1-14(2)6-7-16-12(15)9-10-4-3-5-11(13)8-10/h3-5,8H,6-7,9,13H2,1-2H3. The van der Waals surface area contributed by atoms with E-state index in [9.17, 15) is 4.79 Å². The van der Waals surface area contributed by atoms with Gasteiger partial charge >= 0.3 is 5.97 Å². The molecule has 4 nitrogen and oxygen atoms in total. The number of nitrogen functional groups attached to an aromatic ring is 1. The smallest absolute Gasteiger partial charge is 0.310 e. The summed E-state index contributed by atoms with van der Waals surface area (Å²) in [5, 5.41) is 0. The van der Waals surface area contributed by atoms with Gasteiger partial charge in [0, 0.05) is 12.2 Å². The van der Waals surface area contributed by atoms with Crippen molar-refractivity contribution in [2.45, 2.75) is 6.42 Å². The van der Waals surface area contributed by atoms with E-state index in [4.69, 9.17) is 10.5 Å². The number of benzene rings is 1. The van der Waals surface area contributed by atoms with Crippen LogP contribution in [-0.2, 0) is 16.0 Å². The van der Waals surface area contributed by atoms with Gasteiger partial charge in [0.25, 0.3) is 0 Å². The highest BCUT2D eigenvalue weighted by atomic mass is 16.5. The maximum atomic E-state index is 11.4. The van der Waals surface area contributed by atoms with Gasteiger partial charge in [0.05, 0.1) is 6.42 Å². The Hall–Kier alpha value is -1.55. The van der Waals surface area contributed by atoms with Crippen molar-refractivity contribution in [1.82, 2.24) is 4.90 Å². The van der Waals surface area contributed by atoms with Crippen LogP contribution in [0, 0.1) is 0 Å². The monoisotopic (exact) mass is 222 g/mol. The van der Waals surface area contributed by atoms with Crippen molar-refractivity contribution in [1.29, 1.82) is 0 Å². The van der Waals surface area contributed by atoms with E-state index in [1.807, 2.05) is 31.1 Å². The lowest BCUT2D eigenvalue weighted by molar-refractivity contribution is -0.143. The molecule has 1 aromatic rings. The Morgan fingerprint density at radius 1 is 1.44 bits per heavy atom. The minimum absolute atomic E-state index is 0.215. The Balaban J connectivity index is 2.34. The molecule has 2 N–H and O–H groups in total. The van der Waals surface area contributed by atoms with E-state index in [1.54, 1.807) is 12.1 Å². The fourth-order valence-electron chi connectivity index (χ4n) is 1.26. The third-order valence-electron chi connectivity index (χ3n) is 2.10. The summed E-state index contributed by atoms with van der Waals surface area (Å²) in [6, 6.07) is 7.27. The number of hydrogen-bond acceptors (Lipinski definition) is 4. The molecule has 0 fully saturated rings. The molecule has 0 aliphatic heterocycles. The zero-order chi connectivity index (χ0) is 12.0. The van der Waals surface area contributed by atoms with Crippen LogP contribution in [0.25, 0.3) is 0 Å². The van der Waals surface area contributed by atoms with E-state index in [0.29, 0.717) is 12.3 Å². The van der Waals surface area contributed by atoms with Gasteiger partial charge in [-0.15, -0.1) is 0 Å². The topological polar surface area (TPSA) is 55.6 Å². The fourth-order valence-corrected chi connectivity index (χ4v) is 1.26. The number of carbonyl (C=O) groups is 1. The summed E-state index contributed by atoms with van der Waals surface area (Å²) >= 11 is 0. The second kappa shape index (κ2) is 6.12. The molecule has 0 unspecified atom stereocenters. The highest BCUT2D eigenvalue weighted by Crippen LogP contribution is 2.07. The SMILES string of the molecule is CN(C)CCOC(=O)Cc1cccc(N)c1. The molecule has 0 saturated carbocycles. The third-order valence-corrected chi connectivity index (χ3v) is 2.10. The predicted molar refractivity (Wildman–Crippen MR) is 64.1 cm³/mol. The van der Waals surface area contributed by atoms with E-state index < -0.39 is 0 Å². The Bertz CT molecular complexity index is 351. The summed E-state index contributed by atoms with van der Waals surface area (Å²) in [7, 11) is 3.87. The molecule has 0 spiro atoms. The molecule has 88 valence electrons. The van der Waals surface area contributed by atoms with E-state index in [-0.39, 0.29) is 12.4 Å². The van der Waals surface area contributed by atoms with Crippen LogP contribution in [0.2, 0.25) is 0 Å². The number of esters is 1. The number of hydrogen-bond donors (Lipinski definition) is 1. The number of anilines is 1. The van der Waals surface area contributed by atoms with Crippen LogP contribution in [0.4, 0.5) is 5.69 Å². The molecular formula is C12H18N2O2. The number of nitrogens with zero attached hydrogens (tertiary/aromatic N) is 1. The van der Waals surface area contributed by atoms with Gasteiger partial charge in [-0.05, 0) is 31.8 Å². The lowest BCUT2D eigenvalue weighted by Gasteiger charge is -2.09. The maximum Gasteiger partial charge on any atom is 0.310 e. The molecule has 16 heavy (non-hydrogen) atoms. The number of ether oxygens (including phenoxy) is 1. The van der Waals surface area contributed by atoms with Crippen molar-refractivity contribution in [2.24, 2.45) is 0 Å². The van der Waals surface area contributed by atoms with Crippen molar-refractivity contribution in [3.8, 4) is 0 Å². The molecule has 4 heteroatoms. The van der Waals surface area contributed by atoms with Crippen molar-refractivity contribution >= 4 is 11.7 Å². The summed E-state index contributed by atoms with van der Waals surface area (Å²) in [4.78, 5) is 13.4. The summed E-state index contributed by atoms with van der Waals surface area (Å²) in [5.74, 6) is -0.215. The maximum absolute atomic E-state index is 11.4. The minimum atomic E-state index is -0.215. The molecule has 1 rings (SSSR count). The average Bonchev–Trinajstić information content (AvgIpc) is 2.16. The highest BCUT2D eigenvalue weighted by Gasteiger charge is 2.04. The molecular weight excluding hydrogens is 204 g/mol. The molecule has 0 aliphatic carbocycles. The average molecular weight is 222 g/mol. The lowest BCUT2D eigenvalue weighted by atomic mass is 10.1. The van der Waals surface area contributed by atoms with Crippen LogP contribution < -0.4 is 5.73 Å². The zero-order valence-corrected chi connectivity index (χ0v) is 9.77. The minimum Gasteiger partial charge on any atom is -0.464 e. The van der Waals surface area contributed by atoms with Gasteiger partial charge in [0.15, 0.2) is 0 Å². The van der Waals surface area contributed by atoms with Gasteiger partial charge in [-0.2, -0.15) is 0 Å². The first-order valence-electron chi connectivity index (χ1n) is 5.22. The van der Waals surface area contributed by atoms with Crippen LogP contribution in [-0.4, -0.2) is 38.1 Å². The number of rotatable bonds is 5. The van der Waals surface area contributed by atoms with Gasteiger partial charge in [-0.3, -0.25) is 4.79 Å². The molecule has 0 aliphatic rings. The highest BCUT2D eigenvalue weighted by molar-refractivity contribution is 5.73. The summed E-state index contributed by atoms with van der Waals surface area (Å²) < 4.78 is 5.08. The Morgan fingerprint density at radius 3 is 2.81 bits per heavy atom. The first-order chi connectivity index (χ1) is 7.58. The van der Waals surface area contributed by atoms with Crippen molar-refractivity contribution in [3.05, 3.63) is 29.8 Å². The van der Waals surface area contributed by atoms with E-state index in [1.165, 1.54) is 0 Å². The number of nitrogens with two attached hydrogens (primary N) is 1. The third kappa shape index (κ3) is 4.79. The lowest BCUT2D eigenvalue weighted by Crippen LogP contribution is -2.20. The molecule has 0 radical (unpaired) electrons. The number of carbonyl (C=O) groups excluding carboxylic acids is 1. The quantitative estimate of drug-likeness (QED) is 0.594. The summed E-state index contributed by atoms with van der Waals surface area (Å²) in [6.07, 6.45) is 0.276. The molecule has 0 amide bonds. The molecule has 0 atom stereocenters. The van der Waals surface area contributed by atoms with Crippen molar-refractivity contribution in [3.63, 3.8) is 0 Å². The van der Waals surface area contributed by atoms with Gasteiger partial charge < -0.3 is 15.4 Å². The first-order valence-corrected chi connectivity index (χ1v) is 5.22. The van der Waals surface area contributed by atoms with Crippen molar-refractivity contribution < 1.29 is 9.53 Å². The Kier molecular flexibility index (Phi) is 4.79. The zero-order valence-electron chi connectivity index (χ0n) is 9.77. The number of likely N-dealkylation sites (N-methyl/N-ethyl adjacent to an activating group) is 1. The molecule has 0 aromatic heterocycles. The van der Waals surface area contributed by atoms with Gasteiger partial charge in [-0.1, -0.05) is 12.1 Å². The molecule has 1 aromatic carbocycles. The predicted octanol–water partition coefficient (Wildman–Crippen LogP) is 0.916. The molecule has 0 heterocycles. The van der Waals surface area contributed by atoms with Gasteiger partial charge in [0.2, 0.25) is 0 Å². The summed E-state index contributed by atoms with van der Waals surface area (Å²) in [5.41, 5.74) is 7.16. The Morgan fingerprint density at radius 2 is 2.19 bits per heavy atom. The normalized spacial score (nSPS) is 10.4. The Labute approximate surface area is 96.0 Å². The van der Waals surface area contributed by atoms with Crippen LogP contribution in [0.3, 0.4) is 0 Å². The van der Waals surface area contributed by atoms with Crippen LogP contribution in [0.1, 0.15) is 5.56 Å². The van der Waals surface area contributed by atoms with E-state index >= 15 is 0 Å². The largest absolute Gasteiger partial charge is 0.464 e. The second-order valence-electron chi connectivity index (χ2n) is 3.95. The molecule has 0 bridgehead atoms. The van der Waals surface area contributed by atoms with E-state index in [2.05, 4.69) is 0 Å². The summed E-state index contributed by atoms with van der Waals surface area (Å²) in [6.45, 7) is 1.16. The van der Waals surface area contributed by atoms with Gasteiger partial charge in [0.1, 0.15) is 6.61 Å². The first kappa shape index (κ1) is 12.5. The van der Waals surface area contributed by atoms with Crippen LogP contribution in [0.5, 0.6) is 0 Å². The van der Waals surface area contributed by atoms with Crippen LogP contribution in [0.15, 0.2) is 24.3 Å². The van der Waals surface area contributed by atoms with E-state index in [0.717, 1.165) is 12.1 Å². The second-order valence-corrected chi connectivity index (χ2v) is 3.95. The van der Waals surface area contributed by atoms with Crippen molar-refractivity contribution in [2.75, 3.05) is 33.0 Å². The molecule has 0 saturated heterocycles. The van der Waals surface area contributed by atoms with Gasteiger partial charge in [-0.25, -0.2) is 0 Å². The fraction of sp³-hybridized carbons (Fsp3) is 0.417. The van der Waals surface area contributed by atoms with Crippen LogP contribution >= 0.6 is 0 Å².